The van der Waals surface area contributed by atoms with Crippen LogP contribution >= 0.6 is 0 Å². The van der Waals surface area contributed by atoms with E-state index >= 15 is 0 Å². The Morgan fingerprint density at radius 1 is 0.259 bits per heavy atom. The predicted octanol–water partition coefficient (Wildman–Crippen LogP) is 24.1. The number of benzene rings is 4. The molecule has 9 heteroatoms. The molecule has 4 aromatic carbocycles. The summed E-state index contributed by atoms with van der Waals surface area (Å²) in [6.45, 7) is 9.07. The van der Waals surface area contributed by atoms with Crippen molar-refractivity contribution in [1.82, 2.24) is 0 Å². The van der Waals surface area contributed by atoms with E-state index in [1.165, 1.54) is 281 Å². The third-order valence-electron chi connectivity index (χ3n) is 18.0. The van der Waals surface area contributed by atoms with Gasteiger partial charge in [-0.3, -0.25) is 0 Å². The molecule has 0 bridgehead atoms. The largest absolute Gasteiger partial charge is 2.00 e. The quantitative estimate of drug-likeness (QED) is 0.0247. The minimum absolute atomic E-state index is 0. The van der Waals surface area contributed by atoms with Gasteiger partial charge in [-0.25, -0.2) is 16.8 Å². The molecule has 0 heterocycles. The zero-order valence-corrected chi connectivity index (χ0v) is 59.4. The van der Waals surface area contributed by atoms with Gasteiger partial charge in [0.15, 0.2) is 0 Å². The van der Waals surface area contributed by atoms with Gasteiger partial charge in [0.1, 0.15) is 20.2 Å². The van der Waals surface area contributed by atoms with Crippen LogP contribution in [0.1, 0.15) is 358 Å². The Kier molecular flexibility index (Phi) is 48.8. The molecule has 0 aliphatic rings. The number of fused-ring (bicyclic) bond motifs is 2. The minimum atomic E-state index is -4.52. The molecule has 85 heavy (non-hydrogen) atoms. The summed E-state index contributed by atoms with van der Waals surface area (Å²) in [5.74, 6) is 0. The van der Waals surface area contributed by atoms with Crippen molar-refractivity contribution in [2.45, 2.75) is 371 Å². The van der Waals surface area contributed by atoms with E-state index in [1.807, 2.05) is 12.1 Å². The summed E-state index contributed by atoms with van der Waals surface area (Å²) in [5, 5.41) is 3.12. The van der Waals surface area contributed by atoms with Gasteiger partial charge in [0.05, 0.1) is 9.79 Å². The summed E-state index contributed by atoms with van der Waals surface area (Å²) < 4.78 is 73.2. The number of unbranched alkanes of at least 4 members (excludes halogenated alkanes) is 44. The normalized spacial score (nSPS) is 11.8. The van der Waals surface area contributed by atoms with Crippen LogP contribution in [0.5, 0.6) is 0 Å². The standard InChI is InChI=1S/2C38H64O3S.Ca/c2*1-3-5-7-9-11-13-15-17-19-21-23-25-28-34-32-37-35(30-27-31-36(37)38(33-34)42(39,40)41)29-26-24-22-20-18-16-14-12-10-8-6-4-2;/h2*27,30-33H,3-26,28-29H2,1-2H3,(H,39,40,41);/q;;+2/p-2. The Bertz CT molecular complexity index is 2300. The maximum absolute atomic E-state index is 12.2. The maximum Gasteiger partial charge on any atom is 2.00 e. The Morgan fingerprint density at radius 3 is 0.671 bits per heavy atom. The summed E-state index contributed by atoms with van der Waals surface area (Å²) >= 11 is 0. The third kappa shape index (κ3) is 38.1. The van der Waals surface area contributed by atoms with E-state index < -0.39 is 20.2 Å². The van der Waals surface area contributed by atoms with Crippen molar-refractivity contribution >= 4 is 79.5 Å². The van der Waals surface area contributed by atoms with Crippen LogP contribution in [0.15, 0.2) is 70.5 Å². The van der Waals surface area contributed by atoms with Gasteiger partial charge in [-0.2, -0.15) is 0 Å². The van der Waals surface area contributed by atoms with Gasteiger partial charge in [0.2, 0.25) is 0 Å². The first-order valence-electron chi connectivity index (χ1n) is 35.9. The number of hydrogen-bond donors (Lipinski definition) is 0. The van der Waals surface area contributed by atoms with Gasteiger partial charge in [0, 0.05) is 0 Å². The van der Waals surface area contributed by atoms with Crippen molar-refractivity contribution in [2.75, 3.05) is 0 Å². The molecule has 0 amide bonds. The summed E-state index contributed by atoms with van der Waals surface area (Å²) in [4.78, 5) is -0.0732. The van der Waals surface area contributed by atoms with E-state index in [1.54, 1.807) is 24.3 Å². The molecule has 4 rings (SSSR count). The third-order valence-corrected chi connectivity index (χ3v) is 19.7. The topological polar surface area (TPSA) is 114 Å². The second-order valence-electron chi connectivity index (χ2n) is 25.7. The van der Waals surface area contributed by atoms with Crippen LogP contribution in [0.2, 0.25) is 0 Å². The first-order chi connectivity index (χ1) is 40.9. The Hall–Kier alpha value is -1.52. The second-order valence-corrected chi connectivity index (χ2v) is 28.4. The Balaban J connectivity index is 0.000000573. The molecule has 0 aliphatic heterocycles. The van der Waals surface area contributed by atoms with Gasteiger partial charge in [0.25, 0.3) is 0 Å². The molecular weight excluding hydrogens is 1110 g/mol. The van der Waals surface area contributed by atoms with E-state index in [2.05, 4.69) is 52.0 Å². The smallest absolute Gasteiger partial charge is 0.744 e. The molecule has 4 aromatic rings. The van der Waals surface area contributed by atoms with E-state index in [9.17, 15) is 25.9 Å². The van der Waals surface area contributed by atoms with E-state index in [-0.39, 0.29) is 47.5 Å². The van der Waals surface area contributed by atoms with Crippen LogP contribution in [0.4, 0.5) is 0 Å². The number of rotatable bonds is 54. The van der Waals surface area contributed by atoms with Crippen molar-refractivity contribution in [3.8, 4) is 0 Å². The second kappa shape index (κ2) is 52.1. The van der Waals surface area contributed by atoms with Crippen molar-refractivity contribution in [3.63, 3.8) is 0 Å². The monoisotopic (exact) mass is 1240 g/mol. The van der Waals surface area contributed by atoms with Gasteiger partial charge in [-0.1, -0.05) is 359 Å². The molecule has 480 valence electrons. The van der Waals surface area contributed by atoms with Gasteiger partial charge < -0.3 is 9.11 Å². The fourth-order valence-corrected chi connectivity index (χ4v) is 14.2. The summed E-state index contributed by atoms with van der Waals surface area (Å²) in [5.41, 5.74) is 4.35. The SMILES string of the molecule is CCCCCCCCCCCCCCc1cc(S(=O)(=O)[O-])c2cccc(CCCCCCCCCCCCCC)c2c1.CCCCCCCCCCCCCCc1cc(S(=O)(=O)[O-])c2cccc(CCCCCCCCCCCCCC)c2c1.[Ca+2]. The molecule has 0 aliphatic carbocycles. The molecule has 0 fully saturated rings. The summed E-state index contributed by atoms with van der Waals surface area (Å²) in [7, 11) is -9.04. The zero-order valence-electron chi connectivity index (χ0n) is 55.5. The van der Waals surface area contributed by atoms with Crippen LogP contribution in [-0.2, 0) is 45.9 Å². The van der Waals surface area contributed by atoms with Gasteiger partial charge >= 0.3 is 37.7 Å². The molecule has 0 radical (unpaired) electrons. The van der Waals surface area contributed by atoms with Crippen LogP contribution in [0.3, 0.4) is 0 Å². The minimum Gasteiger partial charge on any atom is -0.744 e. The van der Waals surface area contributed by atoms with Crippen LogP contribution in [0.25, 0.3) is 21.5 Å². The van der Waals surface area contributed by atoms with E-state index in [0.29, 0.717) is 10.8 Å². The predicted molar refractivity (Wildman–Crippen MR) is 369 cm³/mol. The van der Waals surface area contributed by atoms with Gasteiger partial charge in [-0.05, 0) is 107 Å². The van der Waals surface area contributed by atoms with Crippen molar-refractivity contribution in [3.05, 3.63) is 82.9 Å². The van der Waals surface area contributed by atoms with Crippen molar-refractivity contribution < 1.29 is 25.9 Å². The Labute approximate surface area is 555 Å². The van der Waals surface area contributed by atoms with E-state index in [4.69, 9.17) is 0 Å². The molecule has 0 N–H and O–H groups in total. The van der Waals surface area contributed by atoms with Crippen LogP contribution in [0, 0.1) is 0 Å². The maximum atomic E-state index is 12.2. The van der Waals surface area contributed by atoms with Crippen molar-refractivity contribution in [2.24, 2.45) is 0 Å². The average Bonchev–Trinajstić information content (AvgIpc) is 1.85. The zero-order chi connectivity index (χ0) is 60.6. The molecule has 6 nitrogen and oxygen atoms in total. The number of hydrogen-bond acceptors (Lipinski definition) is 6. The molecule has 0 saturated carbocycles. The first kappa shape index (κ1) is 79.6. The summed E-state index contributed by atoms with van der Waals surface area (Å²) in [6, 6.07) is 19.3. The molecule has 0 atom stereocenters. The van der Waals surface area contributed by atoms with Crippen LogP contribution in [-0.4, -0.2) is 63.7 Å². The fourth-order valence-electron chi connectivity index (χ4n) is 12.7. The first-order valence-corrected chi connectivity index (χ1v) is 38.8. The number of aryl methyl sites for hydroxylation is 4. The molecule has 0 spiro atoms. The van der Waals surface area contributed by atoms with Crippen LogP contribution < -0.4 is 0 Å². The summed E-state index contributed by atoms with van der Waals surface area (Å²) in [6.07, 6.45) is 66.5. The average molecular weight is 1240 g/mol. The Morgan fingerprint density at radius 2 is 0.459 bits per heavy atom. The van der Waals surface area contributed by atoms with Gasteiger partial charge in [-0.15, -0.1) is 0 Å². The fraction of sp³-hybridized carbons (Fsp3) is 0.737. The van der Waals surface area contributed by atoms with E-state index in [0.717, 1.165) is 86.1 Å². The molecule has 0 aromatic heterocycles. The van der Waals surface area contributed by atoms with Crippen molar-refractivity contribution in [1.29, 1.82) is 0 Å². The molecule has 0 unspecified atom stereocenters. The molecule has 0 saturated heterocycles. The molecular formula is C76H126CaO6S2.